The summed E-state index contributed by atoms with van der Waals surface area (Å²) in [5.74, 6) is 1.68. The molecule has 6 nitrogen and oxygen atoms in total. The number of amides is 1. The fraction of sp³-hybridized carbons (Fsp3) is 0.176. The molecule has 0 aliphatic carbocycles. The van der Waals surface area contributed by atoms with Crippen molar-refractivity contribution in [3.8, 4) is 17.2 Å². The number of hydrazone groups is 1. The average molecular weight is 312 g/mol. The highest BCUT2D eigenvalue weighted by atomic mass is 16.7. The first kappa shape index (κ1) is 14.9. The summed E-state index contributed by atoms with van der Waals surface area (Å²) in [7, 11) is 0. The summed E-state index contributed by atoms with van der Waals surface area (Å²) in [6, 6.07) is 14.6. The third-order valence-corrected chi connectivity index (χ3v) is 3.21. The van der Waals surface area contributed by atoms with Crippen LogP contribution in [0.4, 0.5) is 0 Å². The Morgan fingerprint density at radius 2 is 2.00 bits per heavy atom. The fourth-order valence-corrected chi connectivity index (χ4v) is 2.01. The number of para-hydroxylation sites is 1. The van der Waals surface area contributed by atoms with Crippen LogP contribution in [-0.4, -0.2) is 25.0 Å². The van der Waals surface area contributed by atoms with Crippen molar-refractivity contribution in [2.45, 2.75) is 13.0 Å². The van der Waals surface area contributed by atoms with Crippen molar-refractivity contribution in [3.63, 3.8) is 0 Å². The van der Waals surface area contributed by atoms with E-state index in [9.17, 15) is 4.79 Å². The van der Waals surface area contributed by atoms with Gasteiger partial charge in [0.25, 0.3) is 5.91 Å². The van der Waals surface area contributed by atoms with Gasteiger partial charge in [-0.3, -0.25) is 4.79 Å². The third-order valence-electron chi connectivity index (χ3n) is 3.21. The van der Waals surface area contributed by atoms with Gasteiger partial charge in [0.05, 0.1) is 6.21 Å². The lowest BCUT2D eigenvalue weighted by Gasteiger charge is -2.12. The molecule has 6 heteroatoms. The van der Waals surface area contributed by atoms with Crippen LogP contribution in [0.2, 0.25) is 0 Å². The Hall–Kier alpha value is -3.02. The van der Waals surface area contributed by atoms with E-state index in [2.05, 4.69) is 10.5 Å². The maximum Gasteiger partial charge on any atom is 0.280 e. The van der Waals surface area contributed by atoms with Crippen molar-refractivity contribution in [1.82, 2.24) is 5.43 Å². The Kier molecular flexibility index (Phi) is 4.42. The zero-order valence-electron chi connectivity index (χ0n) is 12.6. The number of rotatable bonds is 5. The molecule has 0 bridgehead atoms. The Morgan fingerprint density at radius 3 is 2.83 bits per heavy atom. The second kappa shape index (κ2) is 6.83. The zero-order chi connectivity index (χ0) is 16.1. The number of hydrogen-bond donors (Lipinski definition) is 1. The van der Waals surface area contributed by atoms with Crippen molar-refractivity contribution in [2.75, 3.05) is 6.79 Å². The topological polar surface area (TPSA) is 69.2 Å². The van der Waals surface area contributed by atoms with Crippen LogP contribution in [0.5, 0.6) is 17.2 Å². The van der Waals surface area contributed by atoms with Crippen LogP contribution in [0.15, 0.2) is 53.6 Å². The molecular formula is C17H16N2O4. The van der Waals surface area contributed by atoms with Gasteiger partial charge in [-0.2, -0.15) is 5.10 Å². The van der Waals surface area contributed by atoms with Crippen molar-refractivity contribution in [2.24, 2.45) is 5.10 Å². The highest BCUT2D eigenvalue weighted by Gasteiger charge is 2.14. The number of fused-ring (bicyclic) bond motifs is 1. The quantitative estimate of drug-likeness (QED) is 0.679. The van der Waals surface area contributed by atoms with E-state index in [1.54, 1.807) is 31.2 Å². The normalized spacial score (nSPS) is 13.8. The molecule has 118 valence electrons. The van der Waals surface area contributed by atoms with Gasteiger partial charge >= 0.3 is 0 Å². The lowest BCUT2D eigenvalue weighted by molar-refractivity contribution is -0.127. The summed E-state index contributed by atoms with van der Waals surface area (Å²) in [6.45, 7) is 1.89. The van der Waals surface area contributed by atoms with Crippen LogP contribution < -0.4 is 19.6 Å². The summed E-state index contributed by atoms with van der Waals surface area (Å²) < 4.78 is 16.0. The fourth-order valence-electron chi connectivity index (χ4n) is 2.01. The maximum atomic E-state index is 11.9. The van der Waals surface area contributed by atoms with E-state index in [-0.39, 0.29) is 12.7 Å². The van der Waals surface area contributed by atoms with Gasteiger partial charge in [0.2, 0.25) is 6.79 Å². The van der Waals surface area contributed by atoms with Crippen LogP contribution in [0.3, 0.4) is 0 Å². The number of hydrogen-bond acceptors (Lipinski definition) is 5. The predicted octanol–water partition coefficient (Wildman–Crippen LogP) is 2.33. The summed E-state index contributed by atoms with van der Waals surface area (Å²) in [6.07, 6.45) is 0.890. The van der Waals surface area contributed by atoms with Crippen molar-refractivity contribution in [1.29, 1.82) is 0 Å². The monoisotopic (exact) mass is 312 g/mol. The minimum Gasteiger partial charge on any atom is -0.481 e. The molecule has 1 aliphatic heterocycles. The molecule has 1 heterocycles. The third kappa shape index (κ3) is 3.79. The lowest BCUT2D eigenvalue weighted by Crippen LogP contribution is -2.33. The molecule has 23 heavy (non-hydrogen) atoms. The van der Waals surface area contributed by atoms with Crippen LogP contribution in [0.1, 0.15) is 12.5 Å². The van der Waals surface area contributed by atoms with Crippen LogP contribution in [0.25, 0.3) is 0 Å². The van der Waals surface area contributed by atoms with Gasteiger partial charge in [-0.1, -0.05) is 18.2 Å². The SMILES string of the molecule is C[C@@H](Oc1ccccc1)C(=O)N/N=C/c1ccc2c(c1)OCO2. The van der Waals surface area contributed by atoms with E-state index >= 15 is 0 Å². The first-order valence-electron chi connectivity index (χ1n) is 7.16. The molecule has 0 unspecified atom stereocenters. The standard InChI is InChI=1S/C17H16N2O4/c1-12(23-14-5-3-2-4-6-14)17(20)19-18-10-13-7-8-15-16(9-13)22-11-21-15/h2-10,12H,11H2,1H3,(H,19,20)/b18-10+/t12-/m1/s1. The molecule has 0 radical (unpaired) electrons. The van der Waals surface area contributed by atoms with E-state index < -0.39 is 6.10 Å². The van der Waals surface area contributed by atoms with Crippen LogP contribution in [-0.2, 0) is 4.79 Å². The molecule has 0 saturated carbocycles. The number of carbonyl (C=O) groups excluding carboxylic acids is 1. The van der Waals surface area contributed by atoms with Crippen LogP contribution in [0, 0.1) is 0 Å². The smallest absolute Gasteiger partial charge is 0.280 e. The molecular weight excluding hydrogens is 296 g/mol. The highest BCUT2D eigenvalue weighted by molar-refractivity contribution is 5.85. The molecule has 0 fully saturated rings. The van der Waals surface area contributed by atoms with Gasteiger partial charge in [0.1, 0.15) is 5.75 Å². The lowest BCUT2D eigenvalue weighted by atomic mass is 10.2. The second-order valence-electron chi connectivity index (χ2n) is 4.92. The number of nitrogens with one attached hydrogen (secondary N) is 1. The molecule has 3 rings (SSSR count). The Morgan fingerprint density at radius 1 is 1.22 bits per heavy atom. The summed E-state index contributed by atoms with van der Waals surface area (Å²) in [4.78, 5) is 11.9. The molecule has 1 amide bonds. The van der Waals surface area contributed by atoms with E-state index in [1.807, 2.05) is 24.3 Å². The Balaban J connectivity index is 1.54. The Bertz CT molecular complexity index is 716. The molecule has 2 aromatic carbocycles. The van der Waals surface area contributed by atoms with Gasteiger partial charge in [0.15, 0.2) is 17.6 Å². The maximum absolute atomic E-state index is 11.9. The minimum atomic E-state index is -0.647. The van der Waals surface area contributed by atoms with E-state index in [1.165, 1.54) is 6.21 Å². The van der Waals surface area contributed by atoms with Crippen molar-refractivity contribution >= 4 is 12.1 Å². The molecule has 0 aromatic heterocycles. The molecule has 0 spiro atoms. The molecule has 1 N–H and O–H groups in total. The summed E-state index contributed by atoms with van der Waals surface area (Å²) in [5, 5.41) is 3.93. The minimum absolute atomic E-state index is 0.223. The number of benzene rings is 2. The number of carbonyl (C=O) groups is 1. The van der Waals surface area contributed by atoms with Gasteiger partial charge in [-0.15, -0.1) is 0 Å². The largest absolute Gasteiger partial charge is 0.481 e. The van der Waals surface area contributed by atoms with E-state index in [0.717, 1.165) is 5.56 Å². The van der Waals surface area contributed by atoms with Gasteiger partial charge in [0, 0.05) is 0 Å². The van der Waals surface area contributed by atoms with Gasteiger partial charge < -0.3 is 14.2 Å². The average Bonchev–Trinajstić information content (AvgIpc) is 3.03. The molecule has 0 saturated heterocycles. The first-order valence-corrected chi connectivity index (χ1v) is 7.16. The van der Waals surface area contributed by atoms with Crippen LogP contribution >= 0.6 is 0 Å². The van der Waals surface area contributed by atoms with E-state index in [0.29, 0.717) is 17.2 Å². The zero-order valence-corrected chi connectivity index (χ0v) is 12.6. The molecule has 1 aliphatic rings. The molecule has 1 atom stereocenters. The summed E-state index contributed by atoms with van der Waals surface area (Å²) in [5.41, 5.74) is 3.25. The van der Waals surface area contributed by atoms with Crippen molar-refractivity contribution in [3.05, 3.63) is 54.1 Å². The highest BCUT2D eigenvalue weighted by Crippen LogP contribution is 2.31. The second-order valence-corrected chi connectivity index (χ2v) is 4.92. The van der Waals surface area contributed by atoms with Gasteiger partial charge in [-0.05, 0) is 42.8 Å². The van der Waals surface area contributed by atoms with E-state index in [4.69, 9.17) is 14.2 Å². The molecule has 2 aromatic rings. The first-order chi connectivity index (χ1) is 11.2. The summed E-state index contributed by atoms with van der Waals surface area (Å²) >= 11 is 0. The number of nitrogens with zero attached hydrogens (tertiary/aromatic N) is 1. The van der Waals surface area contributed by atoms with Crippen molar-refractivity contribution < 1.29 is 19.0 Å². The Labute approximate surface area is 133 Å². The van der Waals surface area contributed by atoms with Gasteiger partial charge in [-0.25, -0.2) is 5.43 Å². The number of ether oxygens (including phenoxy) is 3. The predicted molar refractivity (Wildman–Crippen MR) is 84.8 cm³/mol.